The molecule has 1 atom stereocenters. The maximum absolute atomic E-state index is 13.2. The van der Waals surface area contributed by atoms with Crippen LogP contribution in [0.2, 0.25) is 10.0 Å². The Morgan fingerprint density at radius 2 is 1.74 bits per heavy atom. The predicted octanol–water partition coefficient (Wildman–Crippen LogP) is 6.62. The second kappa shape index (κ2) is 12.3. The molecule has 0 saturated carbocycles. The fraction of sp³-hybridized carbons (Fsp3) is 0.462. The molecule has 0 radical (unpaired) electrons. The summed E-state index contributed by atoms with van der Waals surface area (Å²) >= 11 is 15.7. The lowest BCUT2D eigenvalue weighted by molar-refractivity contribution is -0.142. The molecule has 34 heavy (non-hydrogen) atoms. The molecule has 0 aromatic heterocycles. The third-order valence-electron chi connectivity index (χ3n) is 5.34. The average molecular weight is 572 g/mol. The number of carbonyl (C=O) groups excluding carboxylic acids is 2. The molecule has 2 aromatic carbocycles. The van der Waals surface area contributed by atoms with Crippen molar-refractivity contribution in [3.05, 3.63) is 62.0 Å². The van der Waals surface area contributed by atoms with Gasteiger partial charge in [-0.2, -0.15) is 0 Å². The van der Waals surface area contributed by atoms with E-state index in [4.69, 9.17) is 27.9 Å². The van der Waals surface area contributed by atoms with Gasteiger partial charge < -0.3 is 15.0 Å². The van der Waals surface area contributed by atoms with Crippen LogP contribution in [0, 0.1) is 5.92 Å². The van der Waals surface area contributed by atoms with Gasteiger partial charge in [-0.05, 0) is 69.6 Å². The van der Waals surface area contributed by atoms with E-state index < -0.39 is 6.04 Å². The first-order valence-corrected chi connectivity index (χ1v) is 12.8. The fourth-order valence-electron chi connectivity index (χ4n) is 3.18. The normalized spacial score (nSPS) is 12.4. The molecule has 0 aliphatic carbocycles. The summed E-state index contributed by atoms with van der Waals surface area (Å²) in [5.74, 6) is 0.322. The van der Waals surface area contributed by atoms with E-state index in [1.54, 1.807) is 25.1 Å². The summed E-state index contributed by atoms with van der Waals surface area (Å²) in [6.07, 6.45) is 0. The number of ether oxygens (including phenoxy) is 1. The lowest BCUT2D eigenvalue weighted by atomic mass is 9.87. The van der Waals surface area contributed by atoms with Gasteiger partial charge in [-0.15, -0.1) is 0 Å². The minimum Gasteiger partial charge on any atom is -0.483 e. The van der Waals surface area contributed by atoms with Crippen LogP contribution in [-0.4, -0.2) is 35.9 Å². The summed E-state index contributed by atoms with van der Waals surface area (Å²) in [6.45, 7) is 12.6. The highest BCUT2D eigenvalue weighted by atomic mass is 79.9. The van der Waals surface area contributed by atoms with E-state index in [1.807, 2.05) is 32.0 Å². The van der Waals surface area contributed by atoms with E-state index in [2.05, 4.69) is 42.0 Å². The van der Waals surface area contributed by atoms with Crippen molar-refractivity contribution in [3.8, 4) is 5.75 Å². The Labute approximate surface area is 221 Å². The highest BCUT2D eigenvalue weighted by Crippen LogP contribution is 2.31. The van der Waals surface area contributed by atoms with Gasteiger partial charge in [0.2, 0.25) is 5.91 Å². The van der Waals surface area contributed by atoms with Crippen molar-refractivity contribution in [1.29, 1.82) is 0 Å². The van der Waals surface area contributed by atoms with Crippen LogP contribution in [0.4, 0.5) is 0 Å². The van der Waals surface area contributed by atoms with Crippen molar-refractivity contribution in [2.75, 3.05) is 13.2 Å². The van der Waals surface area contributed by atoms with E-state index >= 15 is 0 Å². The molecule has 0 aliphatic heterocycles. The van der Waals surface area contributed by atoms with Gasteiger partial charge in [-0.1, -0.05) is 70.0 Å². The monoisotopic (exact) mass is 570 g/mol. The Morgan fingerprint density at radius 3 is 2.29 bits per heavy atom. The van der Waals surface area contributed by atoms with Crippen molar-refractivity contribution in [1.82, 2.24) is 10.2 Å². The molecule has 8 heteroatoms. The zero-order valence-corrected chi connectivity index (χ0v) is 23.6. The van der Waals surface area contributed by atoms with Crippen molar-refractivity contribution in [3.63, 3.8) is 0 Å². The molecule has 5 nitrogen and oxygen atoms in total. The van der Waals surface area contributed by atoms with E-state index in [0.29, 0.717) is 28.3 Å². The number of hydrogen-bond acceptors (Lipinski definition) is 3. The maximum Gasteiger partial charge on any atom is 0.261 e. The smallest absolute Gasteiger partial charge is 0.261 e. The molecule has 2 amide bonds. The summed E-state index contributed by atoms with van der Waals surface area (Å²) in [6, 6.07) is 10.3. The number of halogens is 3. The highest BCUT2D eigenvalue weighted by molar-refractivity contribution is 9.10. The first kappa shape index (κ1) is 28.5. The van der Waals surface area contributed by atoms with Crippen LogP contribution in [0.25, 0.3) is 0 Å². The number of carbonyl (C=O) groups is 2. The van der Waals surface area contributed by atoms with Gasteiger partial charge >= 0.3 is 0 Å². The summed E-state index contributed by atoms with van der Waals surface area (Å²) in [5, 5.41) is 3.72. The number of nitrogens with one attached hydrogen (secondary N) is 1. The predicted molar refractivity (Wildman–Crippen MR) is 143 cm³/mol. The van der Waals surface area contributed by atoms with Crippen molar-refractivity contribution >= 4 is 50.9 Å². The molecule has 0 heterocycles. The van der Waals surface area contributed by atoms with Gasteiger partial charge in [0.15, 0.2) is 6.61 Å². The molecule has 2 aromatic rings. The molecule has 0 saturated heterocycles. The number of rotatable bonds is 9. The van der Waals surface area contributed by atoms with Gasteiger partial charge in [0.25, 0.3) is 5.91 Å². The molecule has 0 fully saturated rings. The number of nitrogens with zero attached hydrogens (tertiary/aromatic N) is 1. The standard InChI is InChI=1S/C26H33BrCl2N2O3/c1-16(2)13-30-25(33)17(3)31(14-18-7-9-21(28)22(29)11-18)24(32)15-34-23-10-8-19(12-20(23)27)26(4,5)6/h7-12,16-17H,13-15H2,1-6H3,(H,30,33)/t17-/m1/s1. The SMILES string of the molecule is CC(C)CNC(=O)[C@@H](C)N(Cc1ccc(Cl)c(Cl)c1)C(=O)COc1ccc(C(C)(C)C)cc1Br. The van der Waals surface area contributed by atoms with Crippen LogP contribution >= 0.6 is 39.1 Å². The van der Waals surface area contributed by atoms with E-state index in [0.717, 1.165) is 15.6 Å². The fourth-order valence-corrected chi connectivity index (χ4v) is 3.99. The van der Waals surface area contributed by atoms with Gasteiger partial charge in [0.05, 0.1) is 14.5 Å². The lowest BCUT2D eigenvalue weighted by Crippen LogP contribution is -2.49. The Kier molecular flexibility index (Phi) is 10.3. The Morgan fingerprint density at radius 1 is 1.06 bits per heavy atom. The highest BCUT2D eigenvalue weighted by Gasteiger charge is 2.27. The third-order valence-corrected chi connectivity index (χ3v) is 6.70. The Balaban J connectivity index is 2.20. The largest absolute Gasteiger partial charge is 0.483 e. The van der Waals surface area contributed by atoms with Crippen LogP contribution in [0.1, 0.15) is 52.7 Å². The van der Waals surface area contributed by atoms with E-state index in [9.17, 15) is 9.59 Å². The summed E-state index contributed by atoms with van der Waals surface area (Å²) < 4.78 is 6.61. The summed E-state index contributed by atoms with van der Waals surface area (Å²) in [5.41, 5.74) is 1.91. The second-order valence-electron chi connectivity index (χ2n) is 9.77. The first-order valence-electron chi connectivity index (χ1n) is 11.2. The lowest BCUT2D eigenvalue weighted by Gasteiger charge is -2.29. The molecule has 186 valence electrons. The van der Waals surface area contributed by atoms with Crippen LogP contribution in [0.3, 0.4) is 0 Å². The van der Waals surface area contributed by atoms with Gasteiger partial charge in [-0.3, -0.25) is 9.59 Å². The molecule has 0 aliphatic rings. The van der Waals surface area contributed by atoms with Crippen molar-refractivity contribution in [2.45, 2.75) is 59.5 Å². The molecule has 0 unspecified atom stereocenters. The molecule has 0 spiro atoms. The molecule has 0 bridgehead atoms. The van der Waals surface area contributed by atoms with Gasteiger partial charge in [0, 0.05) is 13.1 Å². The first-order chi connectivity index (χ1) is 15.8. The quantitative estimate of drug-likeness (QED) is 0.368. The molecule has 2 rings (SSSR count). The third kappa shape index (κ3) is 8.17. The number of benzene rings is 2. The average Bonchev–Trinajstić information content (AvgIpc) is 2.75. The number of hydrogen-bond donors (Lipinski definition) is 1. The molecular weight excluding hydrogens is 539 g/mol. The van der Waals surface area contributed by atoms with Crippen LogP contribution in [-0.2, 0) is 21.5 Å². The maximum atomic E-state index is 13.2. The number of amides is 2. The zero-order valence-electron chi connectivity index (χ0n) is 20.5. The molecular formula is C26H33BrCl2N2O3. The minimum absolute atomic E-state index is 0.00764. The summed E-state index contributed by atoms with van der Waals surface area (Å²) in [4.78, 5) is 27.5. The molecule has 1 N–H and O–H groups in total. The van der Waals surface area contributed by atoms with Crippen molar-refractivity contribution in [2.24, 2.45) is 5.92 Å². The van der Waals surface area contributed by atoms with Crippen LogP contribution < -0.4 is 10.1 Å². The van der Waals surface area contributed by atoms with Crippen LogP contribution in [0.15, 0.2) is 40.9 Å². The summed E-state index contributed by atoms with van der Waals surface area (Å²) in [7, 11) is 0. The van der Waals surface area contributed by atoms with Gasteiger partial charge in [0.1, 0.15) is 11.8 Å². The van der Waals surface area contributed by atoms with Crippen LogP contribution in [0.5, 0.6) is 5.75 Å². The van der Waals surface area contributed by atoms with E-state index in [1.165, 1.54) is 4.90 Å². The van der Waals surface area contributed by atoms with E-state index in [-0.39, 0.29) is 30.4 Å². The van der Waals surface area contributed by atoms with Crippen molar-refractivity contribution < 1.29 is 14.3 Å². The van der Waals surface area contributed by atoms with Gasteiger partial charge in [-0.25, -0.2) is 0 Å². The zero-order chi connectivity index (χ0) is 25.6. The Hall–Kier alpha value is -1.76. The second-order valence-corrected chi connectivity index (χ2v) is 11.4. The minimum atomic E-state index is -0.698. The Bertz CT molecular complexity index is 1020. The topological polar surface area (TPSA) is 58.6 Å².